The molecule has 0 aliphatic carbocycles. The normalized spacial score (nSPS) is 10.9. The smallest absolute Gasteiger partial charge is 0.258 e. The fourth-order valence-electron chi connectivity index (χ4n) is 3.39. The zero-order chi connectivity index (χ0) is 21.3. The number of carbonyl (C=O) groups excluding carboxylic acids is 2. The van der Waals surface area contributed by atoms with Crippen molar-refractivity contribution in [2.75, 3.05) is 5.32 Å². The van der Waals surface area contributed by atoms with E-state index in [0.29, 0.717) is 16.4 Å². The maximum Gasteiger partial charge on any atom is 0.258 e. The molecule has 0 aliphatic rings. The molecule has 0 saturated carbocycles. The summed E-state index contributed by atoms with van der Waals surface area (Å²) in [5, 5.41) is 5.73. The number of anilines is 1. The lowest BCUT2D eigenvalue weighted by Gasteiger charge is -2.11. The van der Waals surface area contributed by atoms with E-state index in [-0.39, 0.29) is 12.3 Å². The largest absolute Gasteiger partial charge is 0.369 e. The van der Waals surface area contributed by atoms with Gasteiger partial charge in [0.2, 0.25) is 5.91 Å². The first-order valence-corrected chi connectivity index (χ1v) is 10.3. The number of rotatable bonds is 5. The molecular formula is C23H20N4O2S. The minimum absolute atomic E-state index is 0.0431. The lowest BCUT2D eigenvalue weighted by Crippen LogP contribution is -2.15. The monoisotopic (exact) mass is 416 g/mol. The van der Waals surface area contributed by atoms with Crippen molar-refractivity contribution < 1.29 is 9.59 Å². The summed E-state index contributed by atoms with van der Waals surface area (Å²) in [4.78, 5) is 33.2. The quantitative estimate of drug-likeness (QED) is 0.508. The first kappa shape index (κ1) is 19.7. The molecule has 0 saturated heterocycles. The second kappa shape index (κ2) is 8.04. The van der Waals surface area contributed by atoms with Crippen LogP contribution in [0.15, 0.2) is 53.9 Å². The highest BCUT2D eigenvalue weighted by Gasteiger charge is 2.16. The molecule has 0 fully saturated rings. The Hall–Kier alpha value is -3.58. The molecule has 7 heteroatoms. The van der Waals surface area contributed by atoms with Gasteiger partial charge in [-0.05, 0) is 31.5 Å². The first-order chi connectivity index (χ1) is 14.4. The highest BCUT2D eigenvalue weighted by molar-refractivity contribution is 7.14. The van der Waals surface area contributed by atoms with Gasteiger partial charge in [-0.15, -0.1) is 11.3 Å². The highest BCUT2D eigenvalue weighted by atomic mass is 32.1. The minimum atomic E-state index is -0.462. The molecule has 6 nitrogen and oxygen atoms in total. The van der Waals surface area contributed by atoms with Crippen LogP contribution in [0.5, 0.6) is 0 Å². The Kier molecular flexibility index (Phi) is 5.29. The SMILES string of the molecule is Cc1ccc(-c2cc(C(=O)Nc3nc(CC(N)=O)cs3)c3ccccc3n2)c(C)c1. The average Bonchev–Trinajstić information content (AvgIpc) is 3.13. The number of nitrogens with zero attached hydrogens (tertiary/aromatic N) is 2. The van der Waals surface area contributed by atoms with E-state index in [2.05, 4.69) is 16.4 Å². The lowest BCUT2D eigenvalue weighted by atomic mass is 9.99. The summed E-state index contributed by atoms with van der Waals surface area (Å²) in [6.07, 6.45) is 0.0431. The summed E-state index contributed by atoms with van der Waals surface area (Å²) in [7, 11) is 0. The Morgan fingerprint density at radius 3 is 2.63 bits per heavy atom. The van der Waals surface area contributed by atoms with Crippen molar-refractivity contribution in [2.24, 2.45) is 5.73 Å². The van der Waals surface area contributed by atoms with Gasteiger partial charge in [0.1, 0.15) is 0 Å². The number of nitrogens with one attached hydrogen (secondary N) is 1. The Bertz CT molecular complexity index is 1280. The molecule has 4 rings (SSSR count). The average molecular weight is 417 g/mol. The van der Waals surface area contributed by atoms with Crippen molar-refractivity contribution in [1.82, 2.24) is 9.97 Å². The number of pyridine rings is 1. The van der Waals surface area contributed by atoms with Crippen LogP contribution in [-0.2, 0) is 11.2 Å². The maximum absolute atomic E-state index is 13.1. The van der Waals surface area contributed by atoms with Gasteiger partial charge in [0.05, 0.1) is 28.9 Å². The summed E-state index contributed by atoms with van der Waals surface area (Å²) < 4.78 is 0. The van der Waals surface area contributed by atoms with Crippen LogP contribution in [0.3, 0.4) is 0 Å². The summed E-state index contributed by atoms with van der Waals surface area (Å²) in [5.74, 6) is -0.740. The number of hydrogen-bond donors (Lipinski definition) is 2. The Balaban J connectivity index is 1.74. The van der Waals surface area contributed by atoms with E-state index in [9.17, 15) is 9.59 Å². The van der Waals surface area contributed by atoms with E-state index < -0.39 is 5.91 Å². The molecule has 0 radical (unpaired) electrons. The maximum atomic E-state index is 13.1. The minimum Gasteiger partial charge on any atom is -0.369 e. The number of carbonyl (C=O) groups is 2. The molecule has 0 unspecified atom stereocenters. The molecule has 0 bridgehead atoms. The second-order valence-corrected chi connectivity index (χ2v) is 7.99. The van der Waals surface area contributed by atoms with E-state index in [1.165, 1.54) is 16.9 Å². The number of amides is 2. The second-order valence-electron chi connectivity index (χ2n) is 7.13. The molecule has 0 aliphatic heterocycles. The summed E-state index contributed by atoms with van der Waals surface area (Å²) in [6, 6.07) is 15.5. The first-order valence-electron chi connectivity index (χ1n) is 9.42. The third-order valence-corrected chi connectivity index (χ3v) is 5.55. The number of para-hydroxylation sites is 1. The molecule has 2 aromatic carbocycles. The van der Waals surface area contributed by atoms with Crippen molar-refractivity contribution in [2.45, 2.75) is 20.3 Å². The Morgan fingerprint density at radius 1 is 1.07 bits per heavy atom. The number of nitrogens with two attached hydrogens (primary N) is 1. The molecule has 3 N–H and O–H groups in total. The number of hydrogen-bond acceptors (Lipinski definition) is 5. The van der Waals surface area contributed by atoms with Gasteiger partial charge in [0.15, 0.2) is 5.13 Å². The number of aryl methyl sites for hydroxylation is 2. The van der Waals surface area contributed by atoms with Gasteiger partial charge in [0, 0.05) is 16.3 Å². The summed E-state index contributed by atoms with van der Waals surface area (Å²) in [5.41, 5.74) is 11.0. The molecule has 2 heterocycles. The van der Waals surface area contributed by atoms with Crippen molar-refractivity contribution in [3.63, 3.8) is 0 Å². The van der Waals surface area contributed by atoms with Crippen LogP contribution in [-0.4, -0.2) is 21.8 Å². The van der Waals surface area contributed by atoms with Crippen LogP contribution < -0.4 is 11.1 Å². The van der Waals surface area contributed by atoms with Crippen molar-refractivity contribution in [3.8, 4) is 11.3 Å². The topological polar surface area (TPSA) is 98.0 Å². The summed E-state index contributed by atoms with van der Waals surface area (Å²) in [6.45, 7) is 4.08. The van der Waals surface area contributed by atoms with Crippen LogP contribution >= 0.6 is 11.3 Å². The number of aromatic nitrogens is 2. The molecule has 2 amide bonds. The third kappa shape index (κ3) is 4.06. The molecule has 30 heavy (non-hydrogen) atoms. The van der Waals surface area contributed by atoms with Crippen LogP contribution in [0.25, 0.3) is 22.2 Å². The summed E-state index contributed by atoms with van der Waals surface area (Å²) >= 11 is 1.26. The van der Waals surface area contributed by atoms with Gasteiger partial charge in [-0.25, -0.2) is 9.97 Å². The number of fused-ring (bicyclic) bond motifs is 1. The van der Waals surface area contributed by atoms with Gasteiger partial charge in [-0.2, -0.15) is 0 Å². The molecule has 4 aromatic rings. The van der Waals surface area contributed by atoms with Crippen LogP contribution in [0, 0.1) is 13.8 Å². The van der Waals surface area contributed by atoms with E-state index in [4.69, 9.17) is 10.7 Å². The van der Waals surface area contributed by atoms with E-state index in [1.54, 1.807) is 5.38 Å². The Morgan fingerprint density at radius 2 is 1.87 bits per heavy atom. The standard InChI is InChI=1S/C23H20N4O2S/c1-13-7-8-16(14(2)9-13)20-11-18(17-5-3-4-6-19(17)26-20)22(29)27-23-25-15(12-30-23)10-21(24)28/h3-9,11-12H,10H2,1-2H3,(H2,24,28)(H,25,27,29). The predicted octanol–water partition coefficient (Wildman–Crippen LogP) is 4.26. The van der Waals surface area contributed by atoms with Gasteiger partial charge in [-0.1, -0.05) is 42.0 Å². The van der Waals surface area contributed by atoms with Crippen molar-refractivity contribution >= 4 is 39.2 Å². The van der Waals surface area contributed by atoms with Crippen molar-refractivity contribution in [1.29, 1.82) is 0 Å². The molecule has 2 aromatic heterocycles. The molecule has 0 spiro atoms. The Labute approximate surface area is 177 Å². The number of primary amides is 1. The van der Waals surface area contributed by atoms with E-state index in [0.717, 1.165) is 27.7 Å². The van der Waals surface area contributed by atoms with Gasteiger partial charge in [-0.3, -0.25) is 14.9 Å². The molecular weight excluding hydrogens is 396 g/mol. The van der Waals surface area contributed by atoms with E-state index >= 15 is 0 Å². The zero-order valence-corrected chi connectivity index (χ0v) is 17.4. The highest BCUT2D eigenvalue weighted by Crippen LogP contribution is 2.28. The van der Waals surface area contributed by atoms with Gasteiger partial charge < -0.3 is 5.73 Å². The number of benzene rings is 2. The van der Waals surface area contributed by atoms with Crippen LogP contribution in [0.2, 0.25) is 0 Å². The lowest BCUT2D eigenvalue weighted by molar-refractivity contribution is -0.117. The number of thiazole rings is 1. The van der Waals surface area contributed by atoms with Crippen molar-refractivity contribution in [3.05, 3.63) is 76.3 Å². The zero-order valence-electron chi connectivity index (χ0n) is 16.6. The third-order valence-electron chi connectivity index (χ3n) is 4.75. The van der Waals surface area contributed by atoms with Gasteiger partial charge >= 0.3 is 0 Å². The van der Waals surface area contributed by atoms with Crippen LogP contribution in [0.1, 0.15) is 27.2 Å². The predicted molar refractivity (Wildman–Crippen MR) is 120 cm³/mol. The van der Waals surface area contributed by atoms with Crippen LogP contribution in [0.4, 0.5) is 5.13 Å². The fraction of sp³-hybridized carbons (Fsp3) is 0.130. The van der Waals surface area contributed by atoms with E-state index in [1.807, 2.05) is 56.3 Å². The molecule has 0 atom stereocenters. The fourth-order valence-corrected chi connectivity index (χ4v) is 4.10. The van der Waals surface area contributed by atoms with Gasteiger partial charge in [0.25, 0.3) is 5.91 Å². The molecule has 150 valence electrons.